The lowest BCUT2D eigenvalue weighted by atomic mass is 10.3. The van der Waals surface area contributed by atoms with Gasteiger partial charge in [-0.2, -0.15) is 0 Å². The summed E-state index contributed by atoms with van der Waals surface area (Å²) in [7, 11) is 0. The largest absolute Gasteiger partial charge is 0.480 e. The van der Waals surface area contributed by atoms with Crippen molar-refractivity contribution in [3.8, 4) is 0 Å². The Kier molecular flexibility index (Phi) is 4.51. The summed E-state index contributed by atoms with van der Waals surface area (Å²) in [5.74, 6) is -0.181. The number of rotatable bonds is 4. The Hall–Kier alpha value is -1.18. The van der Waals surface area contributed by atoms with E-state index in [0.29, 0.717) is 19.1 Å². The number of aromatic nitrogens is 1. The van der Waals surface area contributed by atoms with Crippen LogP contribution in [0.1, 0.15) is 5.56 Å². The molecule has 0 bridgehead atoms. The van der Waals surface area contributed by atoms with Crippen LogP contribution in [0.4, 0.5) is 0 Å². The molecule has 0 unspecified atom stereocenters. The molecule has 0 amide bonds. The number of carboxylic acid groups (broad SMARTS) is 1. The molecular weight excluding hydrogens is 270 g/mol. The molecule has 0 saturated carbocycles. The molecule has 1 aliphatic heterocycles. The Labute approximate surface area is 115 Å². The van der Waals surface area contributed by atoms with Gasteiger partial charge in [-0.15, -0.1) is 0 Å². The van der Waals surface area contributed by atoms with Crippen LogP contribution in [0.15, 0.2) is 24.5 Å². The number of aliphatic carboxylic acids is 1. The van der Waals surface area contributed by atoms with Gasteiger partial charge in [0.05, 0.1) is 19.1 Å². The molecule has 1 saturated heterocycles. The van der Waals surface area contributed by atoms with Crippen LogP contribution < -0.4 is 0 Å². The second kappa shape index (κ2) is 6.12. The zero-order valence-electron chi connectivity index (χ0n) is 9.65. The summed E-state index contributed by atoms with van der Waals surface area (Å²) in [6, 6.07) is 3.86. The number of thiocarbonyl (C=S) groups is 1. The molecule has 1 N–H and O–H groups in total. The number of nitrogens with zero attached hydrogens (tertiary/aromatic N) is 3. The Bertz CT molecular complexity index is 441. The minimum absolute atomic E-state index is 0.0408. The number of hydrogen-bond donors (Lipinski definition) is 1. The number of thioether (sulfide) groups is 1. The van der Waals surface area contributed by atoms with Crippen molar-refractivity contribution in [2.75, 3.05) is 19.1 Å². The van der Waals surface area contributed by atoms with Gasteiger partial charge in [0.15, 0.2) is 0 Å². The normalized spacial score (nSPS) is 16.9. The molecule has 96 valence electrons. The van der Waals surface area contributed by atoms with Crippen LogP contribution in [0.3, 0.4) is 0 Å². The van der Waals surface area contributed by atoms with E-state index in [1.807, 2.05) is 21.9 Å². The predicted molar refractivity (Wildman–Crippen MR) is 74.0 cm³/mol. The van der Waals surface area contributed by atoms with Gasteiger partial charge in [0.2, 0.25) is 0 Å². The van der Waals surface area contributed by atoms with Gasteiger partial charge in [-0.3, -0.25) is 14.7 Å². The Balaban J connectivity index is 1.97. The fourth-order valence-corrected chi connectivity index (χ4v) is 2.74. The lowest BCUT2D eigenvalue weighted by Gasteiger charge is -2.35. The Morgan fingerprint density at radius 2 is 2.44 bits per heavy atom. The van der Waals surface area contributed by atoms with E-state index in [9.17, 15) is 4.79 Å². The average molecular weight is 283 g/mol. The van der Waals surface area contributed by atoms with Gasteiger partial charge in [0.1, 0.15) is 4.32 Å². The highest BCUT2D eigenvalue weighted by Crippen LogP contribution is 2.20. The van der Waals surface area contributed by atoms with E-state index in [2.05, 4.69) is 4.98 Å². The maximum Gasteiger partial charge on any atom is 0.317 e. The van der Waals surface area contributed by atoms with Crippen molar-refractivity contribution in [1.29, 1.82) is 0 Å². The van der Waals surface area contributed by atoms with E-state index < -0.39 is 5.97 Å². The summed E-state index contributed by atoms with van der Waals surface area (Å²) in [5, 5.41) is 8.80. The van der Waals surface area contributed by atoms with Crippen LogP contribution in [0.5, 0.6) is 0 Å². The van der Waals surface area contributed by atoms with Gasteiger partial charge >= 0.3 is 5.97 Å². The highest BCUT2D eigenvalue weighted by atomic mass is 32.2. The lowest BCUT2D eigenvalue weighted by Crippen LogP contribution is -2.46. The monoisotopic (exact) mass is 283 g/mol. The molecule has 0 spiro atoms. The zero-order valence-corrected chi connectivity index (χ0v) is 11.3. The number of hydrogen-bond acceptors (Lipinski definition) is 5. The molecule has 1 aliphatic rings. The van der Waals surface area contributed by atoms with Gasteiger partial charge in [-0.25, -0.2) is 0 Å². The van der Waals surface area contributed by atoms with Gasteiger partial charge in [-0.05, 0) is 11.6 Å². The van der Waals surface area contributed by atoms with Crippen LogP contribution in [-0.4, -0.2) is 49.3 Å². The topological polar surface area (TPSA) is 56.7 Å². The highest BCUT2D eigenvalue weighted by molar-refractivity contribution is 8.22. The molecule has 0 aromatic carbocycles. The number of carboxylic acids is 1. The second-order valence-electron chi connectivity index (χ2n) is 3.96. The standard InChI is InChI=1S/C11H13N3O2S2/c15-10(16)6-13-7-14(11(17)18-8-13)5-9-2-1-3-12-4-9/h1-4H,5-8H2,(H,15,16). The smallest absolute Gasteiger partial charge is 0.317 e. The third kappa shape index (κ3) is 3.66. The van der Waals surface area contributed by atoms with E-state index in [-0.39, 0.29) is 6.54 Å². The van der Waals surface area contributed by atoms with Crippen molar-refractivity contribution in [3.05, 3.63) is 30.1 Å². The van der Waals surface area contributed by atoms with Gasteiger partial charge in [-0.1, -0.05) is 30.0 Å². The molecule has 0 radical (unpaired) electrons. The predicted octanol–water partition coefficient (Wildman–Crippen LogP) is 1.22. The van der Waals surface area contributed by atoms with Crippen LogP contribution in [-0.2, 0) is 11.3 Å². The summed E-state index contributed by atoms with van der Waals surface area (Å²) in [6.45, 7) is 1.25. The van der Waals surface area contributed by atoms with Crippen LogP contribution >= 0.6 is 24.0 Å². The van der Waals surface area contributed by atoms with Gasteiger partial charge < -0.3 is 10.0 Å². The molecule has 7 heteroatoms. The number of pyridine rings is 1. The quantitative estimate of drug-likeness (QED) is 0.834. The summed E-state index contributed by atoms with van der Waals surface area (Å²) >= 11 is 6.78. The Morgan fingerprint density at radius 3 is 3.11 bits per heavy atom. The lowest BCUT2D eigenvalue weighted by molar-refractivity contribution is -0.138. The highest BCUT2D eigenvalue weighted by Gasteiger charge is 2.23. The first-order valence-electron chi connectivity index (χ1n) is 5.40. The van der Waals surface area contributed by atoms with Crippen molar-refractivity contribution in [2.24, 2.45) is 0 Å². The van der Waals surface area contributed by atoms with E-state index >= 15 is 0 Å². The first-order valence-corrected chi connectivity index (χ1v) is 6.79. The maximum atomic E-state index is 10.7. The van der Waals surface area contributed by atoms with Crippen molar-refractivity contribution in [1.82, 2.24) is 14.8 Å². The molecule has 2 rings (SSSR count). The molecule has 0 aliphatic carbocycles. The molecule has 1 fully saturated rings. The fourth-order valence-electron chi connectivity index (χ4n) is 1.69. The SMILES string of the molecule is O=C(O)CN1CSC(=S)N(Cc2cccnc2)C1. The van der Waals surface area contributed by atoms with Crippen LogP contribution in [0, 0.1) is 0 Å². The number of carbonyl (C=O) groups is 1. The molecule has 18 heavy (non-hydrogen) atoms. The molecule has 0 atom stereocenters. The third-order valence-electron chi connectivity index (χ3n) is 2.45. The molecule has 5 nitrogen and oxygen atoms in total. The van der Waals surface area contributed by atoms with Crippen molar-refractivity contribution in [2.45, 2.75) is 6.54 Å². The fraction of sp³-hybridized carbons (Fsp3) is 0.364. The maximum absolute atomic E-state index is 10.7. The summed E-state index contributed by atoms with van der Waals surface area (Å²) in [6.07, 6.45) is 3.52. The Morgan fingerprint density at radius 1 is 1.61 bits per heavy atom. The third-order valence-corrected chi connectivity index (χ3v) is 4.07. The molecular formula is C11H13N3O2S2. The van der Waals surface area contributed by atoms with E-state index in [0.717, 1.165) is 9.88 Å². The summed E-state index contributed by atoms with van der Waals surface area (Å²) in [4.78, 5) is 18.6. The van der Waals surface area contributed by atoms with Crippen molar-refractivity contribution < 1.29 is 9.90 Å². The van der Waals surface area contributed by atoms with Crippen molar-refractivity contribution >= 4 is 34.3 Å². The summed E-state index contributed by atoms with van der Waals surface area (Å²) < 4.78 is 0.806. The minimum atomic E-state index is -0.815. The van der Waals surface area contributed by atoms with E-state index in [1.54, 1.807) is 12.4 Å². The average Bonchev–Trinajstić information content (AvgIpc) is 2.34. The van der Waals surface area contributed by atoms with E-state index in [1.165, 1.54) is 11.8 Å². The van der Waals surface area contributed by atoms with Gasteiger partial charge in [0.25, 0.3) is 0 Å². The van der Waals surface area contributed by atoms with Crippen LogP contribution in [0.25, 0.3) is 0 Å². The molecule has 1 aromatic rings. The first-order chi connectivity index (χ1) is 8.65. The van der Waals surface area contributed by atoms with E-state index in [4.69, 9.17) is 17.3 Å². The molecule has 1 aromatic heterocycles. The zero-order chi connectivity index (χ0) is 13.0. The van der Waals surface area contributed by atoms with Gasteiger partial charge in [0, 0.05) is 18.9 Å². The van der Waals surface area contributed by atoms with Crippen LogP contribution in [0.2, 0.25) is 0 Å². The first kappa shape index (κ1) is 13.3. The minimum Gasteiger partial charge on any atom is -0.480 e. The molecule has 2 heterocycles. The summed E-state index contributed by atoms with van der Waals surface area (Å²) in [5.41, 5.74) is 1.07. The second-order valence-corrected chi connectivity index (χ2v) is 5.54. The van der Waals surface area contributed by atoms with Crippen molar-refractivity contribution in [3.63, 3.8) is 0 Å².